The van der Waals surface area contributed by atoms with Crippen LogP contribution in [0.5, 0.6) is 0 Å². The molecule has 50 heavy (non-hydrogen) atoms. The lowest BCUT2D eigenvalue weighted by Gasteiger charge is -2.71. The summed E-state index contributed by atoms with van der Waals surface area (Å²) >= 11 is 0. The first-order chi connectivity index (χ1) is 23.3. The second kappa shape index (κ2) is 12.5. The summed E-state index contributed by atoms with van der Waals surface area (Å²) < 4.78 is 17.8. The third kappa shape index (κ3) is 5.71. The monoisotopic (exact) mass is 689 g/mol. The molecule has 0 radical (unpaired) electrons. The number of para-hydroxylation sites is 1. The largest absolute Gasteiger partial charge is 0.465 e. The Kier molecular flexibility index (Phi) is 9.16. The number of anilines is 1. The van der Waals surface area contributed by atoms with Crippen molar-refractivity contribution in [3.63, 3.8) is 0 Å². The molecule has 6 rings (SSSR count). The summed E-state index contributed by atoms with van der Waals surface area (Å²) in [6.45, 7) is 18.3. The van der Waals surface area contributed by atoms with Crippen LogP contribution in [0.15, 0.2) is 42.0 Å². The zero-order chi connectivity index (χ0) is 36.5. The van der Waals surface area contributed by atoms with Gasteiger partial charge < -0.3 is 19.5 Å². The Morgan fingerprint density at radius 3 is 2.08 bits per heavy atom. The van der Waals surface area contributed by atoms with Gasteiger partial charge in [-0.3, -0.25) is 19.2 Å². The van der Waals surface area contributed by atoms with E-state index in [9.17, 15) is 19.2 Å². The summed E-state index contributed by atoms with van der Waals surface area (Å²) in [5.74, 6) is -0.657. The molecule has 10 atom stereocenters. The van der Waals surface area contributed by atoms with E-state index in [0.29, 0.717) is 6.42 Å². The summed E-state index contributed by atoms with van der Waals surface area (Å²) in [5.41, 5.74) is 0.698. The Labute approximate surface area is 298 Å². The number of carbonyl (C=O) groups is 4. The first kappa shape index (κ1) is 36.6. The standard InChI is InChI=1S/C42H59NO7/c1-26(44)48-25-39(7)33-17-18-41(9)34(38(33,6)24-32(49-27(2)45)35(39)50-28(3)46)16-15-30-31-23-37(4,5)19-21-42(31,22-20-40(30,41)8)36(47)43-29-13-11-10-12-14-29/h10-15,31-35H,16-25H2,1-9H3,(H,43,47)/t31?,32-,33?,34?,35+,38+,39+,40-,41-,42+/m1/s1. The Bertz CT molecular complexity index is 1570. The number of allylic oxidation sites excluding steroid dienone is 2. The number of ether oxygens (including phenoxy) is 3. The third-order valence-electron chi connectivity index (χ3n) is 15.0. The van der Waals surface area contributed by atoms with E-state index in [2.05, 4.69) is 52.9 Å². The number of fused-ring (bicyclic) bond motifs is 7. The number of hydrogen-bond donors (Lipinski definition) is 1. The molecule has 0 aliphatic heterocycles. The van der Waals surface area contributed by atoms with Crippen molar-refractivity contribution in [2.24, 2.45) is 50.2 Å². The van der Waals surface area contributed by atoms with Crippen LogP contribution in [0.4, 0.5) is 5.69 Å². The van der Waals surface area contributed by atoms with Crippen LogP contribution in [0.2, 0.25) is 0 Å². The summed E-state index contributed by atoms with van der Waals surface area (Å²) in [6.07, 6.45) is 9.02. The summed E-state index contributed by atoms with van der Waals surface area (Å²) in [5, 5.41) is 3.33. The van der Waals surface area contributed by atoms with Crippen LogP contribution in [0, 0.1) is 50.2 Å². The Morgan fingerprint density at radius 2 is 1.44 bits per heavy atom. The minimum Gasteiger partial charge on any atom is -0.465 e. The molecule has 4 fully saturated rings. The number of nitrogens with one attached hydrogen (secondary N) is 1. The molecule has 1 aromatic rings. The van der Waals surface area contributed by atoms with Gasteiger partial charge in [0.05, 0.1) is 5.41 Å². The second-order valence-corrected chi connectivity index (χ2v) is 18.4. The van der Waals surface area contributed by atoms with E-state index < -0.39 is 35.0 Å². The predicted molar refractivity (Wildman–Crippen MR) is 192 cm³/mol. The Balaban J connectivity index is 1.42. The average molecular weight is 690 g/mol. The van der Waals surface area contributed by atoms with Crippen molar-refractivity contribution in [2.45, 2.75) is 132 Å². The van der Waals surface area contributed by atoms with Crippen LogP contribution in [-0.2, 0) is 33.4 Å². The molecule has 4 saturated carbocycles. The van der Waals surface area contributed by atoms with E-state index in [-0.39, 0.29) is 57.9 Å². The lowest BCUT2D eigenvalue weighted by molar-refractivity contribution is -0.255. The Hall–Kier alpha value is -3.16. The smallest absolute Gasteiger partial charge is 0.303 e. The lowest BCUT2D eigenvalue weighted by atomic mass is 9.33. The van der Waals surface area contributed by atoms with E-state index in [4.69, 9.17) is 14.2 Å². The highest BCUT2D eigenvalue weighted by molar-refractivity contribution is 5.96. The molecule has 0 saturated heterocycles. The van der Waals surface area contributed by atoms with E-state index in [1.165, 1.54) is 26.3 Å². The number of esters is 3. The van der Waals surface area contributed by atoms with Crippen LogP contribution < -0.4 is 5.32 Å². The molecule has 0 heterocycles. The fraction of sp³-hybridized carbons (Fsp3) is 0.714. The molecular formula is C42H59NO7. The summed E-state index contributed by atoms with van der Waals surface area (Å²) in [4.78, 5) is 51.8. The molecule has 0 spiro atoms. The van der Waals surface area contributed by atoms with Crippen molar-refractivity contribution >= 4 is 29.5 Å². The molecule has 8 heteroatoms. The Morgan fingerprint density at radius 1 is 0.780 bits per heavy atom. The summed E-state index contributed by atoms with van der Waals surface area (Å²) in [7, 11) is 0. The van der Waals surface area contributed by atoms with Crippen LogP contribution in [0.1, 0.15) is 120 Å². The second-order valence-electron chi connectivity index (χ2n) is 18.4. The first-order valence-corrected chi connectivity index (χ1v) is 18.9. The number of amides is 1. The molecule has 1 N–H and O–H groups in total. The lowest BCUT2D eigenvalue weighted by Crippen LogP contribution is -2.69. The molecule has 0 aromatic heterocycles. The minimum atomic E-state index is -0.763. The zero-order valence-electron chi connectivity index (χ0n) is 31.8. The summed E-state index contributed by atoms with van der Waals surface area (Å²) in [6, 6.07) is 9.86. The molecular weight excluding hydrogens is 630 g/mol. The topological polar surface area (TPSA) is 108 Å². The molecule has 0 bridgehead atoms. The van der Waals surface area contributed by atoms with Gasteiger partial charge in [0.2, 0.25) is 5.91 Å². The van der Waals surface area contributed by atoms with Crippen LogP contribution >= 0.6 is 0 Å². The van der Waals surface area contributed by atoms with E-state index in [1.54, 1.807) is 0 Å². The zero-order valence-corrected chi connectivity index (χ0v) is 31.8. The molecule has 1 aromatic carbocycles. The van der Waals surface area contributed by atoms with Crippen molar-refractivity contribution in [1.82, 2.24) is 0 Å². The van der Waals surface area contributed by atoms with Gasteiger partial charge in [-0.25, -0.2) is 0 Å². The van der Waals surface area contributed by atoms with Gasteiger partial charge in [-0.2, -0.15) is 0 Å². The maximum Gasteiger partial charge on any atom is 0.303 e. The average Bonchev–Trinajstić information content (AvgIpc) is 3.02. The van der Waals surface area contributed by atoms with Gasteiger partial charge >= 0.3 is 17.9 Å². The molecule has 5 aliphatic rings. The first-order valence-electron chi connectivity index (χ1n) is 18.9. The fourth-order valence-electron chi connectivity index (χ4n) is 12.5. The number of rotatable bonds is 6. The maximum atomic E-state index is 14.5. The normalized spacial score (nSPS) is 41.5. The van der Waals surface area contributed by atoms with Crippen LogP contribution in [0.25, 0.3) is 0 Å². The predicted octanol–water partition coefficient (Wildman–Crippen LogP) is 8.44. The highest BCUT2D eigenvalue weighted by Gasteiger charge is 2.71. The SMILES string of the molecule is CC(=O)OC[C@@]1(C)C2CC[C@]3(C)C(CC=C4C5CC(C)(C)CC[C@]5(C(=O)Nc5ccccc5)CC[C@]43C)[C@@]2(C)C[C@@H](OC(C)=O)[C@@H]1OC(C)=O. The van der Waals surface area contributed by atoms with Crippen molar-refractivity contribution < 1.29 is 33.4 Å². The van der Waals surface area contributed by atoms with E-state index in [0.717, 1.165) is 57.1 Å². The van der Waals surface area contributed by atoms with Crippen LogP contribution in [-0.4, -0.2) is 42.6 Å². The van der Waals surface area contributed by atoms with E-state index in [1.807, 2.05) is 30.3 Å². The minimum absolute atomic E-state index is 0.0510. The van der Waals surface area contributed by atoms with Gasteiger partial charge in [-0.1, -0.05) is 71.4 Å². The fourth-order valence-corrected chi connectivity index (χ4v) is 12.5. The molecule has 5 aliphatic carbocycles. The number of benzene rings is 1. The highest BCUT2D eigenvalue weighted by atomic mass is 16.6. The van der Waals surface area contributed by atoms with Crippen LogP contribution in [0.3, 0.4) is 0 Å². The van der Waals surface area contributed by atoms with Gasteiger partial charge in [0, 0.05) is 31.9 Å². The van der Waals surface area contributed by atoms with Crippen molar-refractivity contribution in [2.75, 3.05) is 11.9 Å². The third-order valence-corrected chi connectivity index (χ3v) is 15.0. The highest BCUT2D eigenvalue weighted by Crippen LogP contribution is 2.76. The molecule has 1 amide bonds. The molecule has 3 unspecified atom stereocenters. The van der Waals surface area contributed by atoms with Crippen molar-refractivity contribution in [3.8, 4) is 0 Å². The molecule has 274 valence electrons. The van der Waals surface area contributed by atoms with Gasteiger partial charge in [-0.15, -0.1) is 0 Å². The van der Waals surface area contributed by atoms with Gasteiger partial charge in [-0.05, 0) is 109 Å². The van der Waals surface area contributed by atoms with Crippen molar-refractivity contribution in [3.05, 3.63) is 42.0 Å². The van der Waals surface area contributed by atoms with E-state index >= 15 is 0 Å². The van der Waals surface area contributed by atoms with Gasteiger partial charge in [0.1, 0.15) is 18.8 Å². The maximum absolute atomic E-state index is 14.5. The number of carbonyl (C=O) groups excluding carboxylic acids is 4. The number of hydrogen-bond acceptors (Lipinski definition) is 7. The molecule has 8 nitrogen and oxygen atoms in total. The van der Waals surface area contributed by atoms with Gasteiger partial charge in [0.25, 0.3) is 0 Å². The van der Waals surface area contributed by atoms with Gasteiger partial charge in [0.15, 0.2) is 0 Å². The van der Waals surface area contributed by atoms with Crippen molar-refractivity contribution in [1.29, 1.82) is 0 Å². The quantitative estimate of drug-likeness (QED) is 0.181.